The van der Waals surface area contributed by atoms with E-state index >= 15 is 0 Å². The fraction of sp³-hybridized carbons (Fsp3) is 0.550. The van der Waals surface area contributed by atoms with E-state index < -0.39 is 0 Å². The molecule has 0 aromatic heterocycles. The van der Waals surface area contributed by atoms with E-state index in [1.807, 2.05) is 38.1 Å². The average molecular weight is 517 g/mol. The maximum atomic E-state index is 11.8. The molecule has 0 spiro atoms. The fourth-order valence-electron chi connectivity index (χ4n) is 2.99. The molecule has 0 atom stereocenters. The van der Waals surface area contributed by atoms with E-state index in [0.717, 1.165) is 37.7 Å². The van der Waals surface area contributed by atoms with Gasteiger partial charge in [0, 0.05) is 51.9 Å². The average Bonchev–Trinajstić information content (AvgIpc) is 2.68. The van der Waals surface area contributed by atoms with Crippen LogP contribution in [0.2, 0.25) is 0 Å². The Morgan fingerprint density at radius 3 is 2.24 bits per heavy atom. The largest absolute Gasteiger partial charge is 0.450 e. The summed E-state index contributed by atoms with van der Waals surface area (Å²) >= 11 is 0. The van der Waals surface area contributed by atoms with Gasteiger partial charge in [-0.2, -0.15) is 0 Å². The summed E-state index contributed by atoms with van der Waals surface area (Å²) in [5.41, 5.74) is 1.97. The number of guanidine groups is 1. The Balaban J connectivity index is 0.00000420. The normalized spacial score (nSPS) is 14.1. The molecule has 1 aromatic carbocycles. The number of benzene rings is 1. The summed E-state index contributed by atoms with van der Waals surface area (Å²) in [6, 6.07) is 7.82. The van der Waals surface area contributed by atoms with Crippen molar-refractivity contribution in [2.75, 3.05) is 51.2 Å². The number of nitrogens with zero attached hydrogens (tertiary/aromatic N) is 3. The minimum absolute atomic E-state index is 0. The first-order chi connectivity index (χ1) is 13.5. The van der Waals surface area contributed by atoms with Crippen molar-refractivity contribution in [1.82, 2.24) is 15.1 Å². The Morgan fingerprint density at radius 2 is 1.69 bits per heavy atom. The Hall–Kier alpha value is -2.04. The molecular weight excluding hydrogens is 485 g/mol. The number of nitrogens with one attached hydrogen (secondary N) is 2. The maximum Gasteiger partial charge on any atom is 0.409 e. The van der Waals surface area contributed by atoms with Crippen molar-refractivity contribution < 1.29 is 14.3 Å². The van der Waals surface area contributed by atoms with E-state index in [2.05, 4.69) is 15.5 Å². The number of rotatable bonds is 6. The lowest BCUT2D eigenvalue weighted by atomic mass is 10.1. The van der Waals surface area contributed by atoms with Crippen LogP contribution in [-0.4, -0.2) is 73.6 Å². The van der Waals surface area contributed by atoms with Gasteiger partial charge in [0.15, 0.2) is 5.96 Å². The molecular formula is C20H32IN5O3. The first-order valence-electron chi connectivity index (χ1n) is 9.85. The second kappa shape index (κ2) is 13.2. The third-order valence-electron chi connectivity index (χ3n) is 4.38. The highest BCUT2D eigenvalue weighted by molar-refractivity contribution is 14.0. The van der Waals surface area contributed by atoms with Crippen LogP contribution in [0, 0.1) is 0 Å². The second-order valence-electron chi connectivity index (χ2n) is 6.54. The van der Waals surface area contributed by atoms with Crippen molar-refractivity contribution in [2.45, 2.75) is 27.2 Å². The zero-order valence-electron chi connectivity index (χ0n) is 17.4. The Labute approximate surface area is 190 Å². The van der Waals surface area contributed by atoms with E-state index in [1.165, 1.54) is 12.5 Å². The number of carbonyl (C=O) groups is 2. The number of anilines is 1. The lowest BCUT2D eigenvalue weighted by Gasteiger charge is -2.35. The van der Waals surface area contributed by atoms with Crippen LogP contribution >= 0.6 is 24.0 Å². The molecule has 2 amide bonds. The van der Waals surface area contributed by atoms with Crippen molar-refractivity contribution >= 4 is 47.6 Å². The molecule has 0 aliphatic carbocycles. The molecule has 0 saturated carbocycles. The number of halogens is 1. The summed E-state index contributed by atoms with van der Waals surface area (Å²) in [5, 5.41) is 6.10. The van der Waals surface area contributed by atoms with Gasteiger partial charge in [0.2, 0.25) is 5.91 Å². The molecule has 1 aliphatic rings. The van der Waals surface area contributed by atoms with Crippen LogP contribution in [0.5, 0.6) is 0 Å². The summed E-state index contributed by atoms with van der Waals surface area (Å²) in [6.45, 7) is 9.95. The van der Waals surface area contributed by atoms with Gasteiger partial charge in [0.05, 0.1) is 6.61 Å². The molecule has 1 saturated heterocycles. The van der Waals surface area contributed by atoms with Crippen LogP contribution < -0.4 is 10.6 Å². The molecule has 2 rings (SSSR count). The van der Waals surface area contributed by atoms with Gasteiger partial charge < -0.3 is 25.2 Å². The van der Waals surface area contributed by atoms with Crippen LogP contribution in [-0.2, 0) is 16.0 Å². The summed E-state index contributed by atoms with van der Waals surface area (Å²) in [4.78, 5) is 31.6. The lowest BCUT2D eigenvalue weighted by molar-refractivity contribution is -0.114. The third kappa shape index (κ3) is 8.46. The van der Waals surface area contributed by atoms with Gasteiger partial charge in [0.1, 0.15) is 0 Å². The minimum atomic E-state index is -0.244. The number of hydrogen-bond acceptors (Lipinski definition) is 4. The summed E-state index contributed by atoms with van der Waals surface area (Å²) in [7, 11) is 0. The highest BCUT2D eigenvalue weighted by atomic mass is 127. The van der Waals surface area contributed by atoms with E-state index in [0.29, 0.717) is 26.2 Å². The number of amides is 2. The number of ether oxygens (including phenoxy) is 1. The van der Waals surface area contributed by atoms with E-state index in [9.17, 15) is 9.59 Å². The van der Waals surface area contributed by atoms with Crippen molar-refractivity contribution in [1.29, 1.82) is 0 Å². The standard InChI is InChI=1S/C20H31N5O3.HI/c1-4-21-19(24-12-14-25(15-13-24)20(27)28-5-2)22-11-10-17-6-8-18(9-7-17)23-16(3)26;/h6-9H,4-5,10-15H2,1-3H3,(H,21,22)(H,23,26);1H. The van der Waals surface area contributed by atoms with Gasteiger partial charge >= 0.3 is 6.09 Å². The van der Waals surface area contributed by atoms with Crippen LogP contribution in [0.1, 0.15) is 26.3 Å². The van der Waals surface area contributed by atoms with E-state index in [1.54, 1.807) is 4.90 Å². The highest BCUT2D eigenvalue weighted by Gasteiger charge is 2.23. The third-order valence-corrected chi connectivity index (χ3v) is 4.38. The number of hydrogen-bond donors (Lipinski definition) is 2. The van der Waals surface area contributed by atoms with Gasteiger partial charge in [-0.3, -0.25) is 9.79 Å². The van der Waals surface area contributed by atoms with Crippen molar-refractivity contribution in [2.24, 2.45) is 4.99 Å². The van der Waals surface area contributed by atoms with Crippen LogP contribution in [0.15, 0.2) is 29.3 Å². The Kier molecular flexibility index (Phi) is 11.4. The fourth-order valence-corrected chi connectivity index (χ4v) is 2.99. The van der Waals surface area contributed by atoms with Crippen molar-refractivity contribution in [3.05, 3.63) is 29.8 Å². The Bertz CT molecular complexity index is 673. The summed E-state index contributed by atoms with van der Waals surface area (Å²) in [5.74, 6) is 0.802. The quantitative estimate of drug-likeness (QED) is 0.344. The highest BCUT2D eigenvalue weighted by Crippen LogP contribution is 2.10. The number of carbonyl (C=O) groups excluding carboxylic acids is 2. The first-order valence-corrected chi connectivity index (χ1v) is 9.85. The SMILES string of the molecule is CCNC(=NCCc1ccc(NC(C)=O)cc1)N1CCN(C(=O)OCC)CC1.I. The molecule has 1 heterocycles. The smallest absolute Gasteiger partial charge is 0.409 e. The zero-order chi connectivity index (χ0) is 20.4. The monoisotopic (exact) mass is 517 g/mol. The molecule has 8 nitrogen and oxygen atoms in total. The molecule has 0 bridgehead atoms. The molecule has 1 aliphatic heterocycles. The van der Waals surface area contributed by atoms with Crippen molar-refractivity contribution in [3.8, 4) is 0 Å². The van der Waals surface area contributed by atoms with Gasteiger partial charge in [0.25, 0.3) is 0 Å². The van der Waals surface area contributed by atoms with Crippen LogP contribution in [0.3, 0.4) is 0 Å². The second-order valence-corrected chi connectivity index (χ2v) is 6.54. The van der Waals surface area contributed by atoms with Gasteiger partial charge in [-0.05, 0) is 38.0 Å². The van der Waals surface area contributed by atoms with E-state index in [4.69, 9.17) is 9.73 Å². The zero-order valence-corrected chi connectivity index (χ0v) is 19.8. The molecule has 162 valence electrons. The minimum Gasteiger partial charge on any atom is -0.450 e. The molecule has 0 radical (unpaired) electrons. The number of piperazine rings is 1. The summed E-state index contributed by atoms with van der Waals surface area (Å²) < 4.78 is 5.07. The van der Waals surface area contributed by atoms with Crippen molar-refractivity contribution in [3.63, 3.8) is 0 Å². The summed E-state index contributed by atoms with van der Waals surface area (Å²) in [6.07, 6.45) is 0.574. The Morgan fingerprint density at radius 1 is 1.07 bits per heavy atom. The van der Waals surface area contributed by atoms with Crippen LogP contribution in [0.4, 0.5) is 10.5 Å². The van der Waals surface area contributed by atoms with E-state index in [-0.39, 0.29) is 36.0 Å². The predicted octanol–water partition coefficient (Wildman–Crippen LogP) is 2.55. The molecule has 2 N–H and O–H groups in total. The topological polar surface area (TPSA) is 86.3 Å². The molecule has 9 heteroatoms. The van der Waals surface area contributed by atoms with Gasteiger partial charge in [-0.1, -0.05) is 12.1 Å². The molecule has 29 heavy (non-hydrogen) atoms. The van der Waals surface area contributed by atoms with Gasteiger partial charge in [-0.25, -0.2) is 4.79 Å². The first kappa shape index (κ1) is 25.0. The molecule has 1 fully saturated rings. The molecule has 1 aromatic rings. The van der Waals surface area contributed by atoms with Crippen LogP contribution in [0.25, 0.3) is 0 Å². The maximum absolute atomic E-state index is 11.8. The predicted molar refractivity (Wildman–Crippen MR) is 126 cm³/mol. The lowest BCUT2D eigenvalue weighted by Crippen LogP contribution is -2.54. The molecule has 0 unspecified atom stereocenters. The number of aliphatic imine (C=N–C) groups is 1. The van der Waals surface area contributed by atoms with Gasteiger partial charge in [-0.15, -0.1) is 24.0 Å².